The van der Waals surface area contributed by atoms with Gasteiger partial charge in [0.1, 0.15) is 11.6 Å². The molecule has 2 atom stereocenters. The minimum Gasteiger partial charge on any atom is -0.466 e. The summed E-state index contributed by atoms with van der Waals surface area (Å²) in [5, 5.41) is 0. The van der Waals surface area contributed by atoms with Crippen molar-refractivity contribution in [2.45, 2.75) is 97.0 Å². The maximum atomic E-state index is 12.9. The van der Waals surface area contributed by atoms with Gasteiger partial charge in [0.15, 0.2) is 6.79 Å². The van der Waals surface area contributed by atoms with Crippen LogP contribution in [0.5, 0.6) is 0 Å². The highest BCUT2D eigenvalue weighted by Gasteiger charge is 2.40. The lowest BCUT2D eigenvalue weighted by Gasteiger charge is -2.36. The number of ether oxygens (including phenoxy) is 5. The van der Waals surface area contributed by atoms with Gasteiger partial charge in [-0.05, 0) is 71.8 Å². The summed E-state index contributed by atoms with van der Waals surface area (Å²) < 4.78 is 29.0. The largest absolute Gasteiger partial charge is 0.466 e. The minimum absolute atomic E-state index is 0.0370. The summed E-state index contributed by atoms with van der Waals surface area (Å²) in [6.45, 7) is 8.96. The highest BCUT2D eigenvalue weighted by Crippen LogP contribution is 2.31. The molecule has 1 saturated carbocycles. The van der Waals surface area contributed by atoms with Crippen molar-refractivity contribution in [1.29, 1.82) is 0 Å². The van der Waals surface area contributed by atoms with Crippen LogP contribution in [-0.2, 0) is 39.9 Å². The molecule has 1 heterocycles. The van der Waals surface area contributed by atoms with E-state index in [9.17, 15) is 9.59 Å². The second-order valence-corrected chi connectivity index (χ2v) is 10.2. The number of esters is 2. The Labute approximate surface area is 209 Å². The van der Waals surface area contributed by atoms with Crippen LogP contribution in [0.2, 0.25) is 0 Å². The highest BCUT2D eigenvalue weighted by molar-refractivity contribution is 5.76. The van der Waals surface area contributed by atoms with E-state index < -0.39 is 18.1 Å². The molecule has 0 radical (unpaired) electrons. The molecule has 0 bridgehead atoms. The Bertz CT molecular complexity index is 786. The first-order chi connectivity index (χ1) is 16.8. The van der Waals surface area contributed by atoms with Gasteiger partial charge in [-0.3, -0.25) is 9.59 Å². The van der Waals surface area contributed by atoms with Crippen LogP contribution in [0.25, 0.3) is 0 Å². The lowest BCUT2D eigenvalue weighted by molar-refractivity contribution is -0.282. The molecule has 2 fully saturated rings. The van der Waals surface area contributed by atoms with Crippen LogP contribution in [0.1, 0.15) is 71.8 Å². The summed E-state index contributed by atoms with van der Waals surface area (Å²) in [5.74, 6) is -0.467. The number of rotatable bonds is 11. The number of likely N-dealkylation sites (tertiary alicyclic amines) is 1. The van der Waals surface area contributed by atoms with Gasteiger partial charge in [-0.2, -0.15) is 0 Å². The van der Waals surface area contributed by atoms with Gasteiger partial charge in [-0.15, -0.1) is 0 Å². The Kier molecular flexibility index (Phi) is 10.5. The van der Waals surface area contributed by atoms with Crippen LogP contribution in [0, 0.1) is 5.92 Å². The summed E-state index contributed by atoms with van der Waals surface area (Å²) >= 11 is 0. The minimum atomic E-state index is -0.727. The van der Waals surface area contributed by atoms with Gasteiger partial charge in [0, 0.05) is 6.54 Å². The molecule has 35 heavy (non-hydrogen) atoms. The van der Waals surface area contributed by atoms with E-state index in [-0.39, 0.29) is 30.8 Å². The van der Waals surface area contributed by atoms with Gasteiger partial charge in [0.2, 0.25) is 6.41 Å². The van der Waals surface area contributed by atoms with Crippen LogP contribution >= 0.6 is 0 Å². The van der Waals surface area contributed by atoms with Crippen LogP contribution in [0.15, 0.2) is 30.3 Å². The molecule has 0 aromatic heterocycles. The van der Waals surface area contributed by atoms with Crippen molar-refractivity contribution < 1.29 is 33.3 Å². The zero-order valence-corrected chi connectivity index (χ0v) is 21.6. The molecule has 3 rings (SSSR count). The van der Waals surface area contributed by atoms with Crippen LogP contribution < -0.4 is 0 Å². The smallest absolute Gasteiger partial charge is 0.324 e. The fourth-order valence-electron chi connectivity index (χ4n) is 4.58. The topological polar surface area (TPSA) is 83.5 Å². The molecule has 8 heteroatoms. The molecule has 1 saturated heterocycles. The zero-order valence-electron chi connectivity index (χ0n) is 21.6. The van der Waals surface area contributed by atoms with Gasteiger partial charge < -0.3 is 23.7 Å². The fourth-order valence-corrected chi connectivity index (χ4v) is 4.58. The maximum Gasteiger partial charge on any atom is 0.324 e. The first-order valence-corrected chi connectivity index (χ1v) is 12.8. The SMILES string of the molecule is CCOC(=O)C1CCC(O[C@@H](OCOCc2ccccc2)N2CCC[C@H]2C(=O)OC(C)(C)C)CC1. The molecule has 1 aromatic carbocycles. The number of hydrogen-bond donors (Lipinski definition) is 0. The molecular formula is C27H41NO7. The zero-order chi connectivity index (χ0) is 25.3. The van der Waals surface area contributed by atoms with E-state index in [0.29, 0.717) is 26.2 Å². The Hall–Kier alpha value is -2.00. The summed E-state index contributed by atoms with van der Waals surface area (Å²) in [7, 11) is 0. The molecule has 1 aliphatic heterocycles. The lowest BCUT2D eigenvalue weighted by atomic mass is 9.87. The highest BCUT2D eigenvalue weighted by atomic mass is 16.8. The van der Waals surface area contributed by atoms with Gasteiger partial charge >= 0.3 is 11.9 Å². The molecule has 8 nitrogen and oxygen atoms in total. The van der Waals surface area contributed by atoms with E-state index >= 15 is 0 Å². The van der Waals surface area contributed by atoms with Crippen molar-refractivity contribution >= 4 is 11.9 Å². The predicted molar refractivity (Wildman–Crippen MR) is 130 cm³/mol. The molecule has 0 spiro atoms. The first kappa shape index (κ1) is 27.6. The average Bonchev–Trinajstić information content (AvgIpc) is 3.31. The summed E-state index contributed by atoms with van der Waals surface area (Å²) in [6.07, 6.45) is 3.66. The second kappa shape index (κ2) is 13.3. The van der Waals surface area contributed by atoms with Gasteiger partial charge in [-0.1, -0.05) is 30.3 Å². The predicted octanol–water partition coefficient (Wildman–Crippen LogP) is 4.41. The van der Waals surface area contributed by atoms with E-state index in [1.165, 1.54) is 0 Å². The van der Waals surface area contributed by atoms with Crippen molar-refractivity contribution in [3.8, 4) is 0 Å². The van der Waals surface area contributed by atoms with Crippen LogP contribution in [-0.4, -0.2) is 60.9 Å². The van der Waals surface area contributed by atoms with Gasteiger partial charge in [0.25, 0.3) is 0 Å². The number of nitrogens with zero attached hydrogens (tertiary/aromatic N) is 1. The molecule has 0 unspecified atom stereocenters. The van der Waals surface area contributed by atoms with Crippen molar-refractivity contribution in [1.82, 2.24) is 4.90 Å². The van der Waals surface area contributed by atoms with E-state index in [0.717, 1.165) is 37.7 Å². The van der Waals surface area contributed by atoms with Gasteiger partial charge in [-0.25, -0.2) is 4.90 Å². The quantitative estimate of drug-likeness (QED) is 0.256. The summed E-state index contributed by atoms with van der Waals surface area (Å²) in [5.41, 5.74) is 0.492. The van der Waals surface area contributed by atoms with E-state index in [1.807, 2.05) is 62.9 Å². The van der Waals surface area contributed by atoms with Crippen molar-refractivity contribution in [2.75, 3.05) is 19.9 Å². The van der Waals surface area contributed by atoms with Crippen molar-refractivity contribution in [2.24, 2.45) is 5.92 Å². The molecule has 1 aromatic rings. The van der Waals surface area contributed by atoms with Crippen LogP contribution in [0.3, 0.4) is 0 Å². The number of hydrogen-bond acceptors (Lipinski definition) is 8. The third kappa shape index (κ3) is 8.86. The third-order valence-corrected chi connectivity index (χ3v) is 6.25. The lowest BCUT2D eigenvalue weighted by Crippen LogP contribution is -2.49. The number of carbonyl (C=O) groups is 2. The molecular weight excluding hydrogens is 450 g/mol. The number of carbonyl (C=O) groups excluding carboxylic acids is 2. The monoisotopic (exact) mass is 491 g/mol. The normalized spacial score (nSPS) is 24.2. The second-order valence-electron chi connectivity index (χ2n) is 10.2. The summed E-state index contributed by atoms with van der Waals surface area (Å²) in [6, 6.07) is 9.46. The maximum absolute atomic E-state index is 12.9. The van der Waals surface area contributed by atoms with Crippen molar-refractivity contribution in [3.63, 3.8) is 0 Å². The molecule has 2 aliphatic rings. The van der Waals surface area contributed by atoms with Crippen molar-refractivity contribution in [3.05, 3.63) is 35.9 Å². The molecule has 1 aliphatic carbocycles. The Morgan fingerprint density at radius 2 is 1.74 bits per heavy atom. The molecule has 196 valence electrons. The Morgan fingerprint density at radius 3 is 2.40 bits per heavy atom. The van der Waals surface area contributed by atoms with Crippen LogP contribution in [0.4, 0.5) is 0 Å². The van der Waals surface area contributed by atoms with E-state index in [4.69, 9.17) is 23.7 Å². The number of benzene rings is 1. The molecule has 0 amide bonds. The standard InChI is InChI=1S/C27H41NO7/c1-5-32-24(29)21-13-15-22(16-14-21)34-26(33-19-31-18-20-10-7-6-8-11-20)28-17-9-12-23(28)25(30)35-27(2,3)4/h6-8,10-11,21-23,26H,5,9,12-19H2,1-4H3/t21?,22?,23-,26+/m0/s1. The fraction of sp³-hybridized carbons (Fsp3) is 0.704. The van der Waals surface area contributed by atoms with E-state index in [2.05, 4.69) is 0 Å². The van der Waals surface area contributed by atoms with Gasteiger partial charge in [0.05, 0.1) is 25.2 Å². The summed E-state index contributed by atoms with van der Waals surface area (Å²) in [4.78, 5) is 26.9. The third-order valence-electron chi connectivity index (χ3n) is 6.25. The molecule has 0 N–H and O–H groups in total. The Balaban J connectivity index is 1.60. The Morgan fingerprint density at radius 1 is 1.03 bits per heavy atom. The van der Waals surface area contributed by atoms with E-state index in [1.54, 1.807) is 0 Å². The average molecular weight is 492 g/mol. The first-order valence-electron chi connectivity index (χ1n) is 12.8.